The Balaban J connectivity index is 1.33. The molecule has 5 aromatic carbocycles. The molecule has 0 aromatic heterocycles. The van der Waals surface area contributed by atoms with Crippen molar-refractivity contribution < 1.29 is 19.7 Å². The van der Waals surface area contributed by atoms with E-state index in [4.69, 9.17) is 12.2 Å². The lowest BCUT2D eigenvalue weighted by molar-refractivity contribution is 0.163. The summed E-state index contributed by atoms with van der Waals surface area (Å²) in [7, 11) is 0. The Morgan fingerprint density at radius 3 is 2.09 bits per heavy atom. The maximum Gasteiger partial charge on any atom is 0.141 e. The van der Waals surface area contributed by atoms with Gasteiger partial charge in [-0.25, -0.2) is 4.39 Å². The van der Waals surface area contributed by atoms with Gasteiger partial charge in [0.2, 0.25) is 0 Å². The molecule has 4 nitrogen and oxygen atoms in total. The first-order valence-corrected chi connectivity index (χ1v) is 15.4. The number of thioether (sulfide) groups is 1. The van der Waals surface area contributed by atoms with Gasteiger partial charge in [-0.3, -0.25) is 0 Å². The summed E-state index contributed by atoms with van der Waals surface area (Å²) in [5, 5.41) is 32.2. The van der Waals surface area contributed by atoms with E-state index in [-0.39, 0.29) is 28.6 Å². The first-order chi connectivity index (χ1) is 20.9. The molecule has 0 bridgehead atoms. The Kier molecular flexibility index (Phi) is 8.47. The van der Waals surface area contributed by atoms with Gasteiger partial charge in [0.15, 0.2) is 0 Å². The second-order valence-electron chi connectivity index (χ2n) is 10.6. The van der Waals surface area contributed by atoms with Crippen LogP contribution in [0.25, 0.3) is 22.3 Å². The fraction of sp³-hybridized carbons (Fsp3) is 0.139. The van der Waals surface area contributed by atoms with Gasteiger partial charge in [0.1, 0.15) is 21.6 Å². The molecular weight excluding hydrogens is 578 g/mol. The van der Waals surface area contributed by atoms with Crippen molar-refractivity contribution in [3.63, 3.8) is 0 Å². The first-order valence-electron chi connectivity index (χ1n) is 14.1. The lowest BCUT2D eigenvalue weighted by Gasteiger charge is -2.30. The summed E-state index contributed by atoms with van der Waals surface area (Å²) in [4.78, 5) is 2.09. The number of phenols is 2. The van der Waals surface area contributed by atoms with Crippen LogP contribution < -0.4 is 4.90 Å². The molecule has 0 radical (unpaired) electrons. The highest BCUT2D eigenvalue weighted by molar-refractivity contribution is 8.24. The summed E-state index contributed by atoms with van der Waals surface area (Å²) in [6.07, 6.45) is 0.308. The van der Waals surface area contributed by atoms with Crippen LogP contribution in [0.4, 0.5) is 10.1 Å². The number of hydrogen-bond donors (Lipinski definition) is 3. The van der Waals surface area contributed by atoms with Gasteiger partial charge in [0.25, 0.3) is 0 Å². The second kappa shape index (κ2) is 12.6. The van der Waals surface area contributed by atoms with E-state index in [0.717, 1.165) is 33.5 Å². The topological polar surface area (TPSA) is 63.9 Å². The van der Waals surface area contributed by atoms with E-state index in [0.29, 0.717) is 22.7 Å². The van der Waals surface area contributed by atoms with E-state index in [2.05, 4.69) is 41.3 Å². The summed E-state index contributed by atoms with van der Waals surface area (Å²) in [5.41, 5.74) is 6.10. The Hall–Kier alpha value is -4.17. The van der Waals surface area contributed by atoms with Crippen molar-refractivity contribution in [2.75, 3.05) is 4.90 Å². The number of anilines is 1. The highest BCUT2D eigenvalue weighted by Gasteiger charge is 2.41. The molecule has 1 aliphatic rings. The van der Waals surface area contributed by atoms with Crippen LogP contribution in [0.2, 0.25) is 0 Å². The zero-order valence-electron chi connectivity index (χ0n) is 23.2. The zero-order chi connectivity index (χ0) is 29.9. The standard InChI is InChI=1S/C36H30FNO3S2/c37-28-14-9-25(10-15-28)32(40)19-20-34-35(31-18-13-27(22-33(31)41)26-7-4-8-30(39)21-26)38(36(42)43-34)29-16-11-24(12-17-29)23-5-2-1-3-6-23/h1-18,21-22,32,34-35,39-41H,19-20H2/t32?,34-,35+/m0/s1. The van der Waals surface area contributed by atoms with Crippen LogP contribution in [0.3, 0.4) is 0 Å². The Morgan fingerprint density at radius 2 is 1.40 bits per heavy atom. The lowest BCUT2D eigenvalue weighted by Crippen LogP contribution is -2.29. The van der Waals surface area contributed by atoms with E-state index >= 15 is 0 Å². The van der Waals surface area contributed by atoms with Gasteiger partial charge < -0.3 is 20.2 Å². The number of nitrogens with zero attached hydrogens (tertiary/aromatic N) is 1. The van der Waals surface area contributed by atoms with Gasteiger partial charge in [0, 0.05) is 16.5 Å². The molecule has 1 fully saturated rings. The molecule has 1 heterocycles. The highest BCUT2D eigenvalue weighted by atomic mass is 32.2. The molecule has 216 valence electrons. The van der Waals surface area contributed by atoms with E-state index in [1.54, 1.807) is 48.2 Å². The molecule has 0 aliphatic carbocycles. The molecule has 1 unspecified atom stereocenters. The lowest BCUT2D eigenvalue weighted by atomic mass is 9.93. The quantitative estimate of drug-likeness (QED) is 0.153. The molecule has 6 rings (SSSR count). The Morgan fingerprint density at radius 1 is 0.744 bits per heavy atom. The van der Waals surface area contributed by atoms with Gasteiger partial charge in [-0.15, -0.1) is 0 Å². The smallest absolute Gasteiger partial charge is 0.141 e. The molecule has 3 atom stereocenters. The minimum atomic E-state index is -0.753. The van der Waals surface area contributed by atoms with Crippen LogP contribution in [0, 0.1) is 5.82 Å². The molecule has 0 spiro atoms. The van der Waals surface area contributed by atoms with Crippen molar-refractivity contribution in [1.29, 1.82) is 0 Å². The van der Waals surface area contributed by atoms with Gasteiger partial charge >= 0.3 is 0 Å². The Bertz CT molecular complexity index is 1730. The molecule has 5 aromatic rings. The Labute approximate surface area is 260 Å². The van der Waals surface area contributed by atoms with Crippen LogP contribution >= 0.6 is 24.0 Å². The predicted molar refractivity (Wildman–Crippen MR) is 177 cm³/mol. The number of halogens is 1. The summed E-state index contributed by atoms with van der Waals surface area (Å²) in [6, 6.07) is 36.6. The highest BCUT2D eigenvalue weighted by Crippen LogP contribution is 2.49. The molecule has 1 saturated heterocycles. The van der Waals surface area contributed by atoms with Crippen molar-refractivity contribution in [3.8, 4) is 33.8 Å². The number of benzene rings is 5. The van der Waals surface area contributed by atoms with E-state index < -0.39 is 6.10 Å². The third-order valence-corrected chi connectivity index (χ3v) is 9.52. The zero-order valence-corrected chi connectivity index (χ0v) is 24.8. The van der Waals surface area contributed by atoms with E-state index in [1.165, 1.54) is 12.1 Å². The predicted octanol–water partition coefficient (Wildman–Crippen LogP) is 9.03. The summed E-state index contributed by atoms with van der Waals surface area (Å²) >= 11 is 7.49. The van der Waals surface area contributed by atoms with Crippen molar-refractivity contribution in [2.45, 2.75) is 30.2 Å². The normalized spacial score (nSPS) is 17.3. The first kappa shape index (κ1) is 28.9. The van der Waals surface area contributed by atoms with Crippen LogP contribution in [0.5, 0.6) is 11.5 Å². The van der Waals surface area contributed by atoms with E-state index in [9.17, 15) is 19.7 Å². The number of aromatic hydroxyl groups is 2. The molecule has 0 amide bonds. The average Bonchev–Trinajstić information content (AvgIpc) is 3.36. The van der Waals surface area contributed by atoms with Gasteiger partial charge in [-0.05, 0) is 83.1 Å². The van der Waals surface area contributed by atoms with Crippen LogP contribution in [-0.4, -0.2) is 24.9 Å². The van der Waals surface area contributed by atoms with E-state index in [1.807, 2.05) is 36.4 Å². The van der Waals surface area contributed by atoms with Crippen molar-refractivity contribution in [3.05, 3.63) is 138 Å². The van der Waals surface area contributed by atoms with Crippen molar-refractivity contribution in [2.24, 2.45) is 0 Å². The maximum absolute atomic E-state index is 13.4. The molecule has 43 heavy (non-hydrogen) atoms. The van der Waals surface area contributed by atoms with Crippen molar-refractivity contribution >= 4 is 34.0 Å². The van der Waals surface area contributed by atoms with Crippen LogP contribution in [0.15, 0.2) is 121 Å². The van der Waals surface area contributed by atoms with Gasteiger partial charge in [-0.2, -0.15) is 0 Å². The third kappa shape index (κ3) is 6.30. The number of hydrogen-bond acceptors (Lipinski definition) is 5. The van der Waals surface area contributed by atoms with Crippen LogP contribution in [-0.2, 0) is 0 Å². The fourth-order valence-corrected chi connectivity index (χ4v) is 7.46. The van der Waals surface area contributed by atoms with Crippen molar-refractivity contribution in [1.82, 2.24) is 0 Å². The summed E-state index contributed by atoms with van der Waals surface area (Å²) in [5.74, 6) is -0.0547. The largest absolute Gasteiger partial charge is 0.508 e. The summed E-state index contributed by atoms with van der Waals surface area (Å²) < 4.78 is 14.1. The minimum Gasteiger partial charge on any atom is -0.508 e. The number of aliphatic hydroxyl groups is 1. The monoisotopic (exact) mass is 607 g/mol. The fourth-order valence-electron chi connectivity index (χ4n) is 5.63. The molecular formula is C36H30FNO3S2. The maximum atomic E-state index is 13.4. The van der Waals surface area contributed by atoms with Gasteiger partial charge in [-0.1, -0.05) is 103 Å². The average molecular weight is 608 g/mol. The number of rotatable bonds is 8. The second-order valence-corrected chi connectivity index (χ2v) is 12.5. The molecule has 3 N–H and O–H groups in total. The molecule has 0 saturated carbocycles. The molecule has 7 heteroatoms. The molecule has 1 aliphatic heterocycles. The third-order valence-electron chi connectivity index (χ3n) is 7.84. The minimum absolute atomic E-state index is 0.0612. The SMILES string of the molecule is Oc1cccc(-c2ccc([C@@H]3[C@H](CCC(O)c4ccc(F)cc4)SC(=S)N3c3ccc(-c4ccccc4)cc3)c(O)c2)c1. The number of thiocarbonyl (C=S) groups is 1. The van der Waals surface area contributed by atoms with Crippen LogP contribution in [0.1, 0.15) is 36.1 Å². The summed E-state index contributed by atoms with van der Waals surface area (Å²) in [6.45, 7) is 0. The number of phenolic OH excluding ortho intramolecular Hbond substituents is 2. The van der Waals surface area contributed by atoms with Gasteiger partial charge in [0.05, 0.1) is 12.1 Å². The number of aliphatic hydroxyl groups excluding tert-OH is 1.